The fraction of sp³-hybridized carbons (Fsp3) is 0.316. The van der Waals surface area contributed by atoms with Gasteiger partial charge in [-0.25, -0.2) is 14.4 Å². The van der Waals surface area contributed by atoms with Gasteiger partial charge in [0.1, 0.15) is 12.4 Å². The molecule has 0 radical (unpaired) electrons. The average molecular weight is 474 g/mol. The van der Waals surface area contributed by atoms with E-state index in [2.05, 4.69) is 25.5 Å². The third-order valence-electron chi connectivity index (χ3n) is 4.32. The predicted molar refractivity (Wildman–Crippen MR) is 101 cm³/mol. The normalized spacial score (nSPS) is 12.6. The van der Waals surface area contributed by atoms with Gasteiger partial charge in [0.05, 0.1) is 11.6 Å². The summed E-state index contributed by atoms with van der Waals surface area (Å²) in [6, 6.07) is 3.99. The molecule has 1 amide bonds. The van der Waals surface area contributed by atoms with E-state index in [0.29, 0.717) is 10.5 Å². The number of carbonyl (C=O) groups excluding carboxylic acids is 1. The first-order valence-electron chi connectivity index (χ1n) is 9.30. The van der Waals surface area contributed by atoms with Gasteiger partial charge in [0.2, 0.25) is 11.9 Å². The third-order valence-corrected chi connectivity index (χ3v) is 4.32. The van der Waals surface area contributed by atoms with E-state index in [1.165, 1.54) is 24.5 Å². The zero-order valence-electron chi connectivity index (χ0n) is 16.9. The van der Waals surface area contributed by atoms with Gasteiger partial charge in [-0.2, -0.15) is 22.0 Å². The molecule has 2 aromatic heterocycles. The minimum atomic E-state index is -4.63. The summed E-state index contributed by atoms with van der Waals surface area (Å²) >= 11 is 0. The van der Waals surface area contributed by atoms with Crippen LogP contribution in [0.5, 0.6) is 0 Å². The zero-order valence-corrected chi connectivity index (χ0v) is 16.9. The smallest absolute Gasteiger partial charge is 0.406 e. The number of alkyl halides is 5. The molecule has 176 valence electrons. The van der Waals surface area contributed by atoms with Crippen molar-refractivity contribution in [3.05, 3.63) is 53.9 Å². The van der Waals surface area contributed by atoms with E-state index >= 15 is 0 Å². The van der Waals surface area contributed by atoms with Gasteiger partial charge in [0, 0.05) is 25.9 Å². The van der Waals surface area contributed by atoms with Crippen LogP contribution in [0.1, 0.15) is 30.8 Å². The number of halogens is 6. The van der Waals surface area contributed by atoms with E-state index in [1.54, 1.807) is 0 Å². The van der Waals surface area contributed by atoms with Crippen LogP contribution in [0, 0.1) is 5.82 Å². The first-order valence-corrected chi connectivity index (χ1v) is 9.30. The van der Waals surface area contributed by atoms with Crippen molar-refractivity contribution in [2.45, 2.75) is 25.6 Å². The molecule has 0 aliphatic carbocycles. The highest BCUT2D eigenvalue weighted by Gasteiger charge is 2.33. The van der Waals surface area contributed by atoms with Crippen molar-refractivity contribution in [1.29, 1.82) is 0 Å². The molecule has 1 aromatic carbocycles. The lowest BCUT2D eigenvalue weighted by atomic mass is 10.1. The van der Waals surface area contributed by atoms with Gasteiger partial charge in [0.15, 0.2) is 0 Å². The summed E-state index contributed by atoms with van der Waals surface area (Å²) in [6.07, 6.45) is -5.22. The zero-order chi connectivity index (χ0) is 24.2. The summed E-state index contributed by atoms with van der Waals surface area (Å²) in [5, 5.41) is 9.45. The van der Waals surface area contributed by atoms with Crippen LogP contribution in [0.15, 0.2) is 41.1 Å². The summed E-state index contributed by atoms with van der Waals surface area (Å²) in [5.41, 5.74) is 0.497. The van der Waals surface area contributed by atoms with Crippen molar-refractivity contribution in [1.82, 2.24) is 25.1 Å². The number of benzene rings is 1. The Morgan fingerprint density at radius 2 is 1.76 bits per heavy atom. The maximum atomic E-state index is 13.3. The SMILES string of the molecule is CC(=O)N(CC(Nc1ncc(-c2nnc(C(F)F)o2)cn1)c1ccc(F)cc1)CC(F)(F)F. The number of hydrogen-bond donors (Lipinski definition) is 1. The van der Waals surface area contributed by atoms with Crippen LogP contribution in [0.4, 0.5) is 32.3 Å². The fourth-order valence-corrected chi connectivity index (χ4v) is 2.78. The van der Waals surface area contributed by atoms with Crippen LogP contribution in [-0.4, -0.2) is 50.2 Å². The van der Waals surface area contributed by atoms with E-state index in [9.17, 15) is 31.1 Å². The lowest BCUT2D eigenvalue weighted by Gasteiger charge is -2.28. The molecule has 0 aliphatic heterocycles. The highest BCUT2D eigenvalue weighted by Crippen LogP contribution is 2.25. The minimum Gasteiger partial charge on any atom is -0.415 e. The molecule has 1 N–H and O–H groups in total. The summed E-state index contributed by atoms with van der Waals surface area (Å²) < 4.78 is 82.0. The average Bonchev–Trinajstić information content (AvgIpc) is 3.23. The summed E-state index contributed by atoms with van der Waals surface area (Å²) in [7, 11) is 0. The Morgan fingerprint density at radius 3 is 2.27 bits per heavy atom. The molecule has 3 rings (SSSR count). The number of amides is 1. The second-order valence-corrected chi connectivity index (χ2v) is 6.80. The lowest BCUT2D eigenvalue weighted by molar-refractivity contribution is -0.160. The first kappa shape index (κ1) is 23.9. The van der Waals surface area contributed by atoms with Crippen LogP contribution in [-0.2, 0) is 4.79 Å². The second-order valence-electron chi connectivity index (χ2n) is 6.80. The van der Waals surface area contributed by atoms with Crippen molar-refractivity contribution in [3.63, 3.8) is 0 Å². The highest BCUT2D eigenvalue weighted by molar-refractivity contribution is 5.73. The Bertz CT molecular complexity index is 1070. The molecule has 14 heteroatoms. The molecule has 3 aromatic rings. The molecule has 2 heterocycles. The Balaban J connectivity index is 1.83. The molecule has 33 heavy (non-hydrogen) atoms. The fourth-order valence-electron chi connectivity index (χ4n) is 2.78. The quantitative estimate of drug-likeness (QED) is 0.490. The number of carbonyl (C=O) groups is 1. The number of anilines is 1. The molecule has 8 nitrogen and oxygen atoms in total. The number of nitrogens with one attached hydrogen (secondary N) is 1. The number of aromatic nitrogens is 4. The number of rotatable bonds is 8. The van der Waals surface area contributed by atoms with Gasteiger partial charge < -0.3 is 14.6 Å². The van der Waals surface area contributed by atoms with Crippen LogP contribution in [0.25, 0.3) is 11.5 Å². The van der Waals surface area contributed by atoms with Crippen LogP contribution < -0.4 is 5.32 Å². The maximum Gasteiger partial charge on any atom is 0.406 e. The van der Waals surface area contributed by atoms with E-state index in [0.717, 1.165) is 19.1 Å². The highest BCUT2D eigenvalue weighted by atomic mass is 19.4. The molecule has 1 unspecified atom stereocenters. The lowest BCUT2D eigenvalue weighted by Crippen LogP contribution is -2.41. The van der Waals surface area contributed by atoms with E-state index in [1.807, 2.05) is 0 Å². The van der Waals surface area contributed by atoms with Crippen molar-refractivity contribution >= 4 is 11.9 Å². The van der Waals surface area contributed by atoms with Crippen LogP contribution in [0.3, 0.4) is 0 Å². The van der Waals surface area contributed by atoms with E-state index in [4.69, 9.17) is 4.42 Å². The van der Waals surface area contributed by atoms with Gasteiger partial charge in [-0.05, 0) is 17.7 Å². The topological polar surface area (TPSA) is 97.0 Å². The first-order chi connectivity index (χ1) is 15.5. The Labute approximate surface area is 182 Å². The second kappa shape index (κ2) is 9.83. The number of hydrogen-bond acceptors (Lipinski definition) is 7. The monoisotopic (exact) mass is 474 g/mol. The largest absolute Gasteiger partial charge is 0.415 e. The summed E-state index contributed by atoms with van der Waals surface area (Å²) in [5.74, 6) is -2.56. The third kappa shape index (κ3) is 6.63. The Hall–Kier alpha value is -3.71. The van der Waals surface area contributed by atoms with Gasteiger partial charge in [0.25, 0.3) is 11.8 Å². The molecular formula is C19H16F6N6O2. The molecule has 0 bridgehead atoms. The number of nitrogens with zero attached hydrogens (tertiary/aromatic N) is 5. The minimum absolute atomic E-state index is 0.0582. The van der Waals surface area contributed by atoms with E-state index in [-0.39, 0.29) is 17.4 Å². The van der Waals surface area contributed by atoms with Gasteiger partial charge >= 0.3 is 12.6 Å². The van der Waals surface area contributed by atoms with Crippen molar-refractivity contribution in [2.24, 2.45) is 0 Å². The Kier molecular flexibility index (Phi) is 7.13. The summed E-state index contributed by atoms with van der Waals surface area (Å²) in [6.45, 7) is -0.908. The maximum absolute atomic E-state index is 13.3. The molecule has 0 spiro atoms. The Morgan fingerprint density at radius 1 is 1.12 bits per heavy atom. The van der Waals surface area contributed by atoms with Gasteiger partial charge in [-0.15, -0.1) is 10.2 Å². The molecule has 1 atom stereocenters. The van der Waals surface area contributed by atoms with Crippen LogP contribution >= 0.6 is 0 Å². The molecule has 0 saturated heterocycles. The van der Waals surface area contributed by atoms with Crippen molar-refractivity contribution in [3.8, 4) is 11.5 Å². The standard InChI is InChI=1S/C19H16F6N6O2/c1-10(32)31(9-19(23,24)25)8-14(11-2-4-13(20)5-3-11)28-18-26-6-12(7-27-18)16-29-30-17(33-16)15(21)22/h2-7,14-15H,8-9H2,1H3,(H,26,27,28). The summed E-state index contributed by atoms with van der Waals surface area (Å²) in [4.78, 5) is 20.3. The molecule has 0 fully saturated rings. The molecule has 0 aliphatic rings. The predicted octanol–water partition coefficient (Wildman–Crippen LogP) is 4.17. The van der Waals surface area contributed by atoms with Gasteiger partial charge in [-0.3, -0.25) is 4.79 Å². The van der Waals surface area contributed by atoms with Crippen molar-refractivity contribution in [2.75, 3.05) is 18.4 Å². The van der Waals surface area contributed by atoms with Crippen molar-refractivity contribution < 1.29 is 35.6 Å². The van der Waals surface area contributed by atoms with E-state index < -0.39 is 49.3 Å². The molecule has 0 saturated carbocycles. The van der Waals surface area contributed by atoms with Gasteiger partial charge in [-0.1, -0.05) is 12.1 Å². The van der Waals surface area contributed by atoms with Crippen LogP contribution in [0.2, 0.25) is 0 Å². The molecular weight excluding hydrogens is 458 g/mol.